The number of aryl methyl sites for hydroxylation is 1. The summed E-state index contributed by atoms with van der Waals surface area (Å²) in [4.78, 5) is 9.77. The van der Waals surface area contributed by atoms with E-state index >= 15 is 0 Å². The molecule has 0 unspecified atom stereocenters. The molecule has 0 spiro atoms. The maximum atomic E-state index is 5.11. The van der Waals surface area contributed by atoms with E-state index in [1.807, 2.05) is 0 Å². The Morgan fingerprint density at radius 3 is 2.47 bits per heavy atom. The van der Waals surface area contributed by atoms with Gasteiger partial charge in [-0.05, 0) is 23.4 Å². The average Bonchev–Trinajstić information content (AvgIpc) is 2.92. The van der Waals surface area contributed by atoms with Gasteiger partial charge in [0.2, 0.25) is 17.7 Å². The molecule has 0 aliphatic rings. The molecule has 1 N–H and O–H groups in total. The van der Waals surface area contributed by atoms with Crippen LogP contribution in [0.25, 0.3) is 0 Å². The molecule has 0 saturated carbocycles. The van der Waals surface area contributed by atoms with Gasteiger partial charge in [-0.2, -0.15) is 9.97 Å². The summed E-state index contributed by atoms with van der Waals surface area (Å²) in [5.74, 6) is 1.47. The van der Waals surface area contributed by atoms with Crippen LogP contribution in [-0.2, 0) is 13.0 Å². The highest BCUT2D eigenvalue weighted by atomic mass is 32.1. The maximum Gasteiger partial charge on any atom is 0.229 e. The van der Waals surface area contributed by atoms with Crippen LogP contribution < -0.4 is 14.8 Å². The van der Waals surface area contributed by atoms with Gasteiger partial charge in [0.1, 0.15) is 0 Å². The average molecular weight is 279 g/mol. The molecule has 2 heterocycles. The molecule has 0 aliphatic carbocycles. The Labute approximate surface area is 116 Å². The van der Waals surface area contributed by atoms with Gasteiger partial charge in [-0.3, -0.25) is 0 Å². The van der Waals surface area contributed by atoms with Crippen molar-refractivity contribution in [1.29, 1.82) is 0 Å². The predicted molar refractivity (Wildman–Crippen MR) is 76.2 cm³/mol. The van der Waals surface area contributed by atoms with Gasteiger partial charge in [0.05, 0.1) is 26.8 Å². The summed E-state index contributed by atoms with van der Waals surface area (Å²) >= 11 is 1.73. The van der Waals surface area contributed by atoms with E-state index in [2.05, 4.69) is 33.7 Å². The quantitative estimate of drug-likeness (QED) is 0.881. The highest BCUT2D eigenvalue weighted by Crippen LogP contribution is 2.20. The highest BCUT2D eigenvalue weighted by molar-refractivity contribution is 7.10. The number of anilines is 1. The van der Waals surface area contributed by atoms with Crippen LogP contribution in [0, 0.1) is 0 Å². The van der Waals surface area contributed by atoms with Crippen molar-refractivity contribution in [3.05, 3.63) is 28.0 Å². The molecule has 0 atom stereocenters. The monoisotopic (exact) mass is 279 g/mol. The van der Waals surface area contributed by atoms with Crippen LogP contribution >= 0.6 is 11.3 Å². The Morgan fingerprint density at radius 2 is 1.89 bits per heavy atom. The summed E-state index contributed by atoms with van der Waals surface area (Å²) in [5.41, 5.74) is 1.35. The Hall–Kier alpha value is -1.82. The van der Waals surface area contributed by atoms with Gasteiger partial charge < -0.3 is 14.8 Å². The van der Waals surface area contributed by atoms with E-state index < -0.39 is 0 Å². The van der Waals surface area contributed by atoms with E-state index in [-0.39, 0.29) is 0 Å². The number of thiophene rings is 1. The van der Waals surface area contributed by atoms with Crippen LogP contribution in [-0.4, -0.2) is 24.2 Å². The van der Waals surface area contributed by atoms with Gasteiger partial charge >= 0.3 is 0 Å². The van der Waals surface area contributed by atoms with E-state index in [1.54, 1.807) is 31.6 Å². The second-order valence-corrected chi connectivity index (χ2v) is 4.85. The molecule has 0 fully saturated rings. The molecule has 2 aromatic rings. The van der Waals surface area contributed by atoms with Crippen LogP contribution in [0.15, 0.2) is 17.5 Å². The molecule has 0 saturated heterocycles. The predicted octanol–water partition coefficient (Wildman–Crippen LogP) is 2.73. The van der Waals surface area contributed by atoms with Gasteiger partial charge in [-0.1, -0.05) is 6.92 Å². The number of rotatable bonds is 6. The summed E-state index contributed by atoms with van der Waals surface area (Å²) in [6.45, 7) is 2.85. The van der Waals surface area contributed by atoms with Crippen molar-refractivity contribution in [2.45, 2.75) is 19.9 Å². The molecule has 2 rings (SSSR count). The minimum Gasteiger partial charge on any atom is -0.481 e. The number of aromatic nitrogens is 2. The lowest BCUT2D eigenvalue weighted by Gasteiger charge is -2.08. The van der Waals surface area contributed by atoms with Gasteiger partial charge in [-0.15, -0.1) is 11.3 Å². The first-order chi connectivity index (χ1) is 9.26. The second-order valence-electron chi connectivity index (χ2n) is 3.85. The zero-order valence-corrected chi connectivity index (χ0v) is 12.1. The molecule has 0 aliphatic heterocycles. The Kier molecular flexibility index (Phi) is 4.57. The molecule has 102 valence electrons. The molecule has 0 amide bonds. The summed E-state index contributed by atoms with van der Waals surface area (Å²) in [6.07, 6.45) is 1.03. The first-order valence-corrected chi connectivity index (χ1v) is 6.91. The van der Waals surface area contributed by atoms with E-state index in [4.69, 9.17) is 9.47 Å². The number of nitrogens with zero attached hydrogens (tertiary/aromatic N) is 2. The first kappa shape index (κ1) is 13.6. The largest absolute Gasteiger partial charge is 0.481 e. The number of nitrogens with one attached hydrogen (secondary N) is 1. The zero-order valence-electron chi connectivity index (χ0n) is 11.3. The third-order valence-corrected chi connectivity index (χ3v) is 3.69. The molecule has 0 radical (unpaired) electrons. The fourth-order valence-electron chi connectivity index (χ4n) is 1.69. The molecule has 0 bridgehead atoms. The summed E-state index contributed by atoms with van der Waals surface area (Å²) < 4.78 is 10.2. The third kappa shape index (κ3) is 3.35. The normalized spacial score (nSPS) is 10.3. The van der Waals surface area contributed by atoms with Gasteiger partial charge in [0, 0.05) is 4.88 Å². The van der Waals surface area contributed by atoms with Crippen molar-refractivity contribution in [2.75, 3.05) is 19.5 Å². The summed E-state index contributed by atoms with van der Waals surface area (Å²) in [7, 11) is 3.14. The van der Waals surface area contributed by atoms with Crippen LogP contribution in [0.3, 0.4) is 0 Å². The van der Waals surface area contributed by atoms with E-state index in [9.17, 15) is 0 Å². The third-order valence-electron chi connectivity index (χ3n) is 2.72. The Morgan fingerprint density at radius 1 is 1.21 bits per heavy atom. The maximum absolute atomic E-state index is 5.11. The molecule has 19 heavy (non-hydrogen) atoms. The van der Waals surface area contributed by atoms with E-state index in [1.165, 1.54) is 10.4 Å². The topological polar surface area (TPSA) is 56.3 Å². The molecular weight excluding hydrogens is 262 g/mol. The lowest BCUT2D eigenvalue weighted by Crippen LogP contribution is -2.05. The molecule has 5 nitrogen and oxygen atoms in total. The van der Waals surface area contributed by atoms with Crippen LogP contribution in [0.2, 0.25) is 0 Å². The minimum atomic E-state index is 0.483. The number of ether oxygens (including phenoxy) is 2. The SMILES string of the molecule is CCc1ccsc1CNc1nc(OC)cc(OC)n1. The summed E-state index contributed by atoms with van der Waals surface area (Å²) in [6, 6.07) is 3.79. The lowest BCUT2D eigenvalue weighted by molar-refractivity contribution is 0.373. The van der Waals surface area contributed by atoms with Crippen LogP contribution in [0.1, 0.15) is 17.4 Å². The fraction of sp³-hybridized carbons (Fsp3) is 0.385. The van der Waals surface area contributed by atoms with Crippen LogP contribution in [0.5, 0.6) is 11.8 Å². The number of methoxy groups -OCH3 is 2. The van der Waals surface area contributed by atoms with Gasteiger partial charge in [0.15, 0.2) is 0 Å². The minimum absolute atomic E-state index is 0.483. The van der Waals surface area contributed by atoms with Crippen molar-refractivity contribution < 1.29 is 9.47 Å². The van der Waals surface area contributed by atoms with Crippen molar-refractivity contribution in [3.8, 4) is 11.8 Å². The number of hydrogen-bond donors (Lipinski definition) is 1. The number of hydrogen-bond acceptors (Lipinski definition) is 6. The van der Waals surface area contributed by atoms with E-state index in [0.29, 0.717) is 24.3 Å². The van der Waals surface area contributed by atoms with Crippen LogP contribution in [0.4, 0.5) is 5.95 Å². The Bertz CT molecular complexity index is 520. The Balaban J connectivity index is 2.10. The van der Waals surface area contributed by atoms with Crippen molar-refractivity contribution >= 4 is 17.3 Å². The zero-order chi connectivity index (χ0) is 13.7. The summed E-state index contributed by atoms with van der Waals surface area (Å²) in [5, 5.41) is 5.30. The first-order valence-electron chi connectivity index (χ1n) is 6.03. The van der Waals surface area contributed by atoms with Crippen molar-refractivity contribution in [3.63, 3.8) is 0 Å². The second kappa shape index (κ2) is 6.38. The van der Waals surface area contributed by atoms with E-state index in [0.717, 1.165) is 6.42 Å². The molecular formula is C13H17N3O2S. The lowest BCUT2D eigenvalue weighted by atomic mass is 10.2. The van der Waals surface area contributed by atoms with Gasteiger partial charge in [-0.25, -0.2) is 0 Å². The smallest absolute Gasteiger partial charge is 0.229 e. The highest BCUT2D eigenvalue weighted by Gasteiger charge is 2.07. The van der Waals surface area contributed by atoms with Crippen molar-refractivity contribution in [1.82, 2.24) is 9.97 Å². The fourth-order valence-corrected chi connectivity index (χ4v) is 2.60. The van der Waals surface area contributed by atoms with Gasteiger partial charge in [0.25, 0.3) is 0 Å². The molecule has 6 heteroatoms. The molecule has 0 aromatic carbocycles. The molecule has 2 aromatic heterocycles. The van der Waals surface area contributed by atoms with Crippen molar-refractivity contribution in [2.24, 2.45) is 0 Å². The standard InChI is InChI=1S/C13H17N3O2S/c1-4-9-5-6-19-10(9)8-14-13-15-11(17-2)7-12(16-13)18-3/h5-7H,4,8H2,1-3H3,(H,14,15,16).